The van der Waals surface area contributed by atoms with E-state index in [2.05, 4.69) is 23.3 Å². The van der Waals surface area contributed by atoms with Gasteiger partial charge in [0, 0.05) is 30.6 Å². The van der Waals surface area contributed by atoms with Crippen LogP contribution in [0.15, 0.2) is 60.7 Å². The van der Waals surface area contributed by atoms with E-state index in [1.54, 1.807) is 24.3 Å². The number of halogens is 6. The van der Waals surface area contributed by atoms with Crippen molar-refractivity contribution in [3.05, 3.63) is 82.9 Å². The molecular formula is C40H38F6N4S4. The summed E-state index contributed by atoms with van der Waals surface area (Å²) in [4.78, 5) is 3.50. The van der Waals surface area contributed by atoms with Crippen LogP contribution in [0.3, 0.4) is 0 Å². The van der Waals surface area contributed by atoms with Crippen molar-refractivity contribution in [3.63, 3.8) is 0 Å². The second-order valence-electron chi connectivity index (χ2n) is 13.5. The van der Waals surface area contributed by atoms with Gasteiger partial charge in [0.05, 0.1) is 46.4 Å². The van der Waals surface area contributed by atoms with E-state index in [9.17, 15) is 26.3 Å². The zero-order chi connectivity index (χ0) is 38.0. The molecule has 0 saturated carbocycles. The van der Waals surface area contributed by atoms with Crippen LogP contribution in [0.5, 0.6) is 0 Å². The van der Waals surface area contributed by atoms with Crippen LogP contribution in [-0.4, -0.2) is 8.75 Å². The maximum Gasteiger partial charge on any atom is 0.416 e. The molecule has 0 aliphatic carbocycles. The molecule has 3 aromatic heterocycles. The van der Waals surface area contributed by atoms with Gasteiger partial charge < -0.3 is 9.44 Å². The minimum Gasteiger partial charge on any atom is -0.309 e. The van der Waals surface area contributed by atoms with E-state index in [-0.39, 0.29) is 0 Å². The lowest BCUT2D eigenvalue weighted by Gasteiger charge is -2.14. The number of hydrogen-bond acceptors (Lipinski definition) is 8. The van der Waals surface area contributed by atoms with Crippen LogP contribution in [0.2, 0.25) is 0 Å². The highest BCUT2D eigenvalue weighted by atomic mass is 32.2. The number of alkyl halides is 6. The molecule has 54 heavy (non-hydrogen) atoms. The Bertz CT molecular complexity index is 2100. The Morgan fingerprint density at radius 2 is 0.963 bits per heavy atom. The zero-order valence-electron chi connectivity index (χ0n) is 29.6. The van der Waals surface area contributed by atoms with Gasteiger partial charge in [-0.1, -0.05) is 64.5 Å². The summed E-state index contributed by atoms with van der Waals surface area (Å²) in [6.45, 7) is 4.16. The Morgan fingerprint density at radius 3 is 1.37 bits per heavy atom. The molecule has 0 atom stereocenters. The molecule has 14 heteroatoms. The molecule has 1 aliphatic heterocycles. The Hall–Kier alpha value is -3.59. The van der Waals surface area contributed by atoms with E-state index >= 15 is 0 Å². The van der Waals surface area contributed by atoms with Crippen molar-refractivity contribution in [1.82, 2.24) is 8.75 Å². The van der Waals surface area contributed by atoms with Crippen molar-refractivity contribution in [2.24, 2.45) is 0 Å². The molecule has 7 rings (SSSR count). The Balaban J connectivity index is 1.23. The van der Waals surface area contributed by atoms with E-state index in [0.717, 1.165) is 103 Å². The van der Waals surface area contributed by atoms with Crippen molar-refractivity contribution in [1.29, 1.82) is 0 Å². The maximum absolute atomic E-state index is 13.9. The molecule has 0 bridgehead atoms. The predicted octanol–water partition coefficient (Wildman–Crippen LogP) is 15.2. The van der Waals surface area contributed by atoms with Crippen molar-refractivity contribution < 1.29 is 26.3 Å². The molecular weight excluding hydrogens is 779 g/mol. The monoisotopic (exact) mass is 816 g/mol. The van der Waals surface area contributed by atoms with Crippen molar-refractivity contribution in [2.45, 2.75) is 90.4 Å². The number of anilines is 2. The van der Waals surface area contributed by atoms with Gasteiger partial charge >= 0.3 is 12.4 Å². The molecule has 0 fully saturated rings. The average Bonchev–Trinajstić information content (AvgIpc) is 3.98. The molecule has 6 aromatic rings. The number of nitrogens with one attached hydrogen (secondary N) is 2. The number of hydrogen-bond donors (Lipinski definition) is 2. The highest BCUT2D eigenvalue weighted by Crippen LogP contribution is 2.54. The molecule has 0 unspecified atom stereocenters. The fourth-order valence-corrected chi connectivity index (χ4v) is 10.3. The smallest absolute Gasteiger partial charge is 0.309 e. The van der Waals surface area contributed by atoms with Gasteiger partial charge in [-0.3, -0.25) is 0 Å². The number of aryl methyl sites for hydroxylation is 2. The third kappa shape index (κ3) is 8.03. The van der Waals surface area contributed by atoms with Crippen molar-refractivity contribution in [2.75, 3.05) is 9.44 Å². The quantitative estimate of drug-likeness (QED) is 0.0651. The largest absolute Gasteiger partial charge is 0.416 e. The SMILES string of the molecule is CCCCCCc1cc(-c2ccc(-c3c4c(c(-c5ccc(-c6ccc(C(F)(F)F)c(CCCCCC)c6)s5)c5nsnc35)NSN4)s2)ccc1C(F)(F)F. The topological polar surface area (TPSA) is 49.8 Å². The number of unbranched alkanes of at least 4 members (excludes halogenated alkanes) is 6. The molecule has 284 valence electrons. The molecule has 0 amide bonds. The first-order valence-electron chi connectivity index (χ1n) is 18.1. The number of thiophene rings is 2. The molecule has 0 spiro atoms. The molecule has 0 radical (unpaired) electrons. The number of rotatable bonds is 14. The number of benzene rings is 3. The van der Waals surface area contributed by atoms with Crippen LogP contribution >= 0.6 is 46.5 Å². The van der Waals surface area contributed by atoms with Crippen molar-refractivity contribution >= 4 is 68.9 Å². The summed E-state index contributed by atoms with van der Waals surface area (Å²) in [7, 11) is 0. The fourth-order valence-electron chi connectivity index (χ4n) is 7.01. The minimum absolute atomic E-state index is 0.319. The van der Waals surface area contributed by atoms with Gasteiger partial charge in [0.2, 0.25) is 0 Å². The highest BCUT2D eigenvalue weighted by molar-refractivity contribution is 8.02. The van der Waals surface area contributed by atoms with Crippen molar-refractivity contribution in [3.8, 4) is 41.8 Å². The van der Waals surface area contributed by atoms with Crippen LogP contribution in [0, 0.1) is 0 Å². The summed E-state index contributed by atoms with van der Waals surface area (Å²) in [6, 6.07) is 16.7. The Kier molecular flexibility index (Phi) is 11.6. The highest BCUT2D eigenvalue weighted by Gasteiger charge is 2.35. The van der Waals surface area contributed by atoms with Crippen LogP contribution in [0.1, 0.15) is 87.5 Å². The maximum atomic E-state index is 13.9. The summed E-state index contributed by atoms with van der Waals surface area (Å²) in [5.74, 6) is 0. The van der Waals surface area contributed by atoms with E-state index in [4.69, 9.17) is 8.75 Å². The number of aromatic nitrogens is 2. The van der Waals surface area contributed by atoms with Crippen LogP contribution in [-0.2, 0) is 25.2 Å². The van der Waals surface area contributed by atoms with E-state index in [1.165, 1.54) is 46.9 Å². The standard InChI is InChI=1S/C40H38F6N4S4/c1-3-5-7-9-11-23-21-25(13-15-27(23)39(41,42)43)29-17-19-31(51-29)33-35-37(49-53-47-35)34(38-36(33)48-54-50-38)32-20-18-30(52-32)26-14-16-28(40(44,45)46)24(22-26)12-10-8-6-4-2/h13-22,47,49H,3-12H2,1-2H3. The van der Waals surface area contributed by atoms with Gasteiger partial charge in [-0.2, -0.15) is 35.1 Å². The van der Waals surface area contributed by atoms with Gasteiger partial charge in [-0.05, 0) is 96.5 Å². The third-order valence-corrected chi connectivity index (χ3v) is 13.2. The fraction of sp³-hybridized carbons (Fsp3) is 0.350. The van der Waals surface area contributed by atoms with Crippen LogP contribution in [0.4, 0.5) is 37.7 Å². The second kappa shape index (κ2) is 16.3. The van der Waals surface area contributed by atoms with E-state index in [0.29, 0.717) is 47.8 Å². The van der Waals surface area contributed by atoms with Gasteiger partial charge in [0.25, 0.3) is 0 Å². The third-order valence-electron chi connectivity index (χ3n) is 9.71. The van der Waals surface area contributed by atoms with E-state index in [1.807, 2.05) is 24.3 Å². The molecule has 2 N–H and O–H groups in total. The summed E-state index contributed by atoms with van der Waals surface area (Å²) in [6.07, 6.45) is -0.896. The first-order chi connectivity index (χ1) is 26.0. The first kappa shape index (κ1) is 38.7. The average molecular weight is 817 g/mol. The second-order valence-corrected chi connectivity index (χ2v) is 16.8. The number of nitrogens with zero attached hydrogens (tertiary/aromatic N) is 2. The molecule has 4 nitrogen and oxygen atoms in total. The van der Waals surface area contributed by atoms with Gasteiger partial charge in [0.1, 0.15) is 11.0 Å². The van der Waals surface area contributed by atoms with Crippen LogP contribution < -0.4 is 9.44 Å². The lowest BCUT2D eigenvalue weighted by atomic mass is 9.97. The first-order valence-corrected chi connectivity index (χ1v) is 21.3. The molecule has 4 heterocycles. The Labute approximate surface area is 327 Å². The minimum atomic E-state index is -4.42. The van der Waals surface area contributed by atoms with Gasteiger partial charge in [-0.25, -0.2) is 0 Å². The Morgan fingerprint density at radius 1 is 0.537 bits per heavy atom. The molecule has 1 aliphatic rings. The normalized spacial score (nSPS) is 13.0. The summed E-state index contributed by atoms with van der Waals surface area (Å²) < 4.78 is 99.9. The molecule has 0 saturated heterocycles. The summed E-state index contributed by atoms with van der Waals surface area (Å²) >= 11 is 5.40. The van der Waals surface area contributed by atoms with Crippen LogP contribution in [0.25, 0.3) is 52.8 Å². The van der Waals surface area contributed by atoms with E-state index < -0.39 is 23.5 Å². The predicted molar refractivity (Wildman–Crippen MR) is 215 cm³/mol. The molecule has 3 aromatic carbocycles. The summed E-state index contributed by atoms with van der Waals surface area (Å²) in [5, 5.41) is 0. The summed E-state index contributed by atoms with van der Waals surface area (Å²) in [5.41, 5.74) is 5.71. The lowest BCUT2D eigenvalue weighted by molar-refractivity contribution is -0.139. The van der Waals surface area contributed by atoms with Gasteiger partial charge in [0.15, 0.2) is 0 Å². The lowest BCUT2D eigenvalue weighted by Crippen LogP contribution is -2.09. The van der Waals surface area contributed by atoms with Gasteiger partial charge in [-0.15, -0.1) is 22.7 Å². The number of fused-ring (bicyclic) bond motifs is 2. The zero-order valence-corrected chi connectivity index (χ0v) is 32.9.